The Hall–Kier alpha value is 0.0400. The van der Waals surface area contributed by atoms with Crippen LogP contribution in [0.1, 0.15) is 0 Å². The lowest BCUT2D eigenvalue weighted by molar-refractivity contribution is 0.950. The van der Waals surface area contributed by atoms with E-state index in [1.165, 1.54) is 6.20 Å². The molecule has 0 saturated heterocycles. The van der Waals surface area contributed by atoms with Crippen molar-refractivity contribution in [2.75, 3.05) is 0 Å². The average molecular weight is 432 g/mol. The van der Waals surface area contributed by atoms with Crippen LogP contribution in [-0.2, 0) is 0 Å². The SMILES string of the molecule is Clc1cncc(-n2cnc(I)c2I)n1. The highest BCUT2D eigenvalue weighted by Crippen LogP contribution is 2.17. The number of rotatable bonds is 1. The van der Waals surface area contributed by atoms with Crippen LogP contribution in [0.2, 0.25) is 5.15 Å². The second-order valence-electron chi connectivity index (χ2n) is 2.40. The van der Waals surface area contributed by atoms with Crippen LogP contribution in [0, 0.1) is 7.40 Å². The molecule has 14 heavy (non-hydrogen) atoms. The minimum atomic E-state index is 0.377. The van der Waals surface area contributed by atoms with Gasteiger partial charge >= 0.3 is 0 Å². The molecule has 2 aromatic heterocycles. The second kappa shape index (κ2) is 4.27. The monoisotopic (exact) mass is 432 g/mol. The zero-order valence-corrected chi connectivity index (χ0v) is 11.7. The largest absolute Gasteiger partial charge is 0.276 e. The molecule has 0 fully saturated rings. The molecule has 0 unspecified atom stereocenters. The summed E-state index contributed by atoms with van der Waals surface area (Å²) in [5.74, 6) is 0.678. The van der Waals surface area contributed by atoms with Gasteiger partial charge in [-0.3, -0.25) is 9.55 Å². The summed E-state index contributed by atoms with van der Waals surface area (Å²) in [6.07, 6.45) is 4.84. The van der Waals surface area contributed by atoms with E-state index in [1.807, 2.05) is 4.57 Å². The van der Waals surface area contributed by atoms with Gasteiger partial charge in [-0.1, -0.05) is 11.6 Å². The van der Waals surface area contributed by atoms with Crippen molar-refractivity contribution >= 4 is 56.8 Å². The number of hydrogen-bond acceptors (Lipinski definition) is 3. The Labute approximate surface area is 112 Å². The molecule has 0 spiro atoms. The Morgan fingerprint density at radius 1 is 1.29 bits per heavy atom. The summed E-state index contributed by atoms with van der Waals surface area (Å²) in [5, 5.41) is 0.377. The first kappa shape index (κ1) is 10.6. The molecule has 4 nitrogen and oxygen atoms in total. The van der Waals surface area contributed by atoms with E-state index in [-0.39, 0.29) is 0 Å². The zero-order chi connectivity index (χ0) is 10.1. The summed E-state index contributed by atoms with van der Waals surface area (Å²) in [7, 11) is 0. The summed E-state index contributed by atoms with van der Waals surface area (Å²) >= 11 is 10.1. The van der Waals surface area contributed by atoms with Gasteiger partial charge in [0.1, 0.15) is 18.9 Å². The standard InChI is InChI=1S/C7H3ClI2N4/c8-4-1-11-2-5(13-4)14-3-12-6(9)7(14)10/h1-3H. The van der Waals surface area contributed by atoms with Crippen molar-refractivity contribution < 1.29 is 0 Å². The van der Waals surface area contributed by atoms with Crippen LogP contribution < -0.4 is 0 Å². The molecule has 0 N–H and O–H groups in total. The van der Waals surface area contributed by atoms with E-state index in [9.17, 15) is 0 Å². The fourth-order valence-electron chi connectivity index (χ4n) is 0.920. The lowest BCUT2D eigenvalue weighted by Gasteiger charge is -2.01. The summed E-state index contributed by atoms with van der Waals surface area (Å²) in [5.41, 5.74) is 0. The Balaban J connectivity index is 2.55. The third kappa shape index (κ3) is 2.01. The molecule has 0 aliphatic carbocycles. The van der Waals surface area contributed by atoms with E-state index < -0.39 is 0 Å². The molecule has 2 heterocycles. The molecule has 0 radical (unpaired) electrons. The van der Waals surface area contributed by atoms with Crippen LogP contribution in [0.5, 0.6) is 0 Å². The Bertz CT molecular complexity index is 470. The normalized spacial score (nSPS) is 10.5. The molecule has 0 bridgehead atoms. The van der Waals surface area contributed by atoms with E-state index in [4.69, 9.17) is 11.6 Å². The van der Waals surface area contributed by atoms with Crippen LogP contribution in [0.4, 0.5) is 0 Å². The van der Waals surface area contributed by atoms with Gasteiger partial charge in [-0.15, -0.1) is 0 Å². The highest BCUT2D eigenvalue weighted by molar-refractivity contribution is 14.1. The van der Waals surface area contributed by atoms with Crippen molar-refractivity contribution in [1.29, 1.82) is 0 Å². The molecule has 0 amide bonds. The first-order chi connectivity index (χ1) is 6.68. The minimum Gasteiger partial charge on any atom is -0.276 e. The van der Waals surface area contributed by atoms with Gasteiger partial charge in [0.15, 0.2) is 5.82 Å². The smallest absolute Gasteiger partial charge is 0.159 e. The van der Waals surface area contributed by atoms with E-state index in [2.05, 4.69) is 60.1 Å². The molecule has 2 rings (SSSR count). The minimum absolute atomic E-state index is 0.377. The molecule has 0 atom stereocenters. The number of aromatic nitrogens is 4. The highest BCUT2D eigenvalue weighted by atomic mass is 127. The molecule has 0 aliphatic heterocycles. The molecule has 7 heteroatoms. The predicted molar refractivity (Wildman–Crippen MR) is 69.6 cm³/mol. The molecular weight excluding hydrogens is 429 g/mol. The van der Waals surface area contributed by atoms with E-state index in [0.717, 1.165) is 7.40 Å². The number of nitrogens with zero attached hydrogens (tertiary/aromatic N) is 4. The van der Waals surface area contributed by atoms with Gasteiger partial charge in [-0.25, -0.2) is 9.97 Å². The zero-order valence-electron chi connectivity index (χ0n) is 6.65. The van der Waals surface area contributed by atoms with Crippen LogP contribution in [-0.4, -0.2) is 19.5 Å². The van der Waals surface area contributed by atoms with Crippen LogP contribution in [0.15, 0.2) is 18.7 Å². The lowest BCUT2D eigenvalue weighted by Crippen LogP contribution is -1.99. The molecule has 0 saturated carbocycles. The van der Waals surface area contributed by atoms with E-state index >= 15 is 0 Å². The molecule has 0 aromatic carbocycles. The maximum atomic E-state index is 5.74. The van der Waals surface area contributed by atoms with E-state index in [0.29, 0.717) is 11.0 Å². The van der Waals surface area contributed by atoms with Gasteiger partial charge in [0, 0.05) is 0 Å². The Morgan fingerprint density at radius 3 is 2.64 bits per heavy atom. The Kier molecular flexibility index (Phi) is 3.22. The number of hydrogen-bond donors (Lipinski definition) is 0. The van der Waals surface area contributed by atoms with Crippen molar-refractivity contribution in [3.8, 4) is 5.82 Å². The van der Waals surface area contributed by atoms with Gasteiger partial charge in [-0.05, 0) is 45.2 Å². The van der Waals surface area contributed by atoms with Gasteiger partial charge in [0.05, 0.1) is 12.4 Å². The van der Waals surface area contributed by atoms with Gasteiger partial charge in [-0.2, -0.15) is 0 Å². The van der Waals surface area contributed by atoms with Gasteiger partial charge in [0.2, 0.25) is 0 Å². The highest BCUT2D eigenvalue weighted by Gasteiger charge is 2.08. The summed E-state index contributed by atoms with van der Waals surface area (Å²) in [6, 6.07) is 0. The summed E-state index contributed by atoms with van der Waals surface area (Å²) < 4.78 is 3.77. The lowest BCUT2D eigenvalue weighted by atomic mass is 10.6. The first-order valence-corrected chi connectivity index (χ1v) is 6.08. The number of imidazole rings is 1. The average Bonchev–Trinajstić information content (AvgIpc) is 2.48. The Morgan fingerprint density at radius 2 is 2.07 bits per heavy atom. The molecule has 2 aromatic rings. The third-order valence-electron chi connectivity index (χ3n) is 1.51. The fraction of sp³-hybridized carbons (Fsp3) is 0. The summed E-state index contributed by atoms with van der Waals surface area (Å²) in [6.45, 7) is 0. The second-order valence-corrected chi connectivity index (χ2v) is 4.83. The molecule has 72 valence electrons. The van der Waals surface area contributed by atoms with Crippen molar-refractivity contribution in [3.63, 3.8) is 0 Å². The maximum absolute atomic E-state index is 5.74. The van der Waals surface area contributed by atoms with Crippen LogP contribution >= 0.6 is 56.8 Å². The topological polar surface area (TPSA) is 43.6 Å². The number of halogens is 3. The maximum Gasteiger partial charge on any atom is 0.159 e. The fourth-order valence-corrected chi connectivity index (χ4v) is 1.96. The predicted octanol–water partition coefficient (Wildman–Crippen LogP) is 2.52. The van der Waals surface area contributed by atoms with Crippen molar-refractivity contribution in [1.82, 2.24) is 19.5 Å². The van der Waals surface area contributed by atoms with Crippen LogP contribution in [0.3, 0.4) is 0 Å². The van der Waals surface area contributed by atoms with Crippen LogP contribution in [0.25, 0.3) is 5.82 Å². The van der Waals surface area contributed by atoms with E-state index in [1.54, 1.807) is 12.5 Å². The quantitative estimate of drug-likeness (QED) is 0.651. The molecule has 0 aliphatic rings. The first-order valence-electron chi connectivity index (χ1n) is 3.55. The van der Waals surface area contributed by atoms with Crippen molar-refractivity contribution in [3.05, 3.63) is 31.3 Å². The van der Waals surface area contributed by atoms with Gasteiger partial charge in [0.25, 0.3) is 0 Å². The van der Waals surface area contributed by atoms with Crippen molar-refractivity contribution in [2.24, 2.45) is 0 Å². The van der Waals surface area contributed by atoms with Crippen molar-refractivity contribution in [2.45, 2.75) is 0 Å². The molecular formula is C7H3ClI2N4. The third-order valence-corrected chi connectivity index (χ3v) is 4.54. The van der Waals surface area contributed by atoms with Gasteiger partial charge < -0.3 is 0 Å². The summed E-state index contributed by atoms with van der Waals surface area (Å²) in [4.78, 5) is 12.3.